The largest absolute Gasteiger partial charge is 0.357 e. The molecule has 0 atom stereocenters. The normalized spacial score (nSPS) is 13.3. The van der Waals surface area contributed by atoms with Crippen molar-refractivity contribution < 1.29 is 9.59 Å². The number of carbonyl (C=O) groups excluding carboxylic acids is 2. The molecular formula is C18H19Cl2N5O2. The van der Waals surface area contributed by atoms with E-state index in [0.717, 1.165) is 18.9 Å². The number of hydrogen-bond donors (Lipinski definition) is 3. The zero-order valence-corrected chi connectivity index (χ0v) is 16.0. The lowest BCUT2D eigenvalue weighted by molar-refractivity contribution is -0.115. The number of aromatic nitrogens is 1. The summed E-state index contributed by atoms with van der Waals surface area (Å²) < 4.78 is 0. The number of anilines is 3. The number of nitrogens with zero attached hydrogens (tertiary/aromatic N) is 2. The molecule has 0 spiro atoms. The van der Waals surface area contributed by atoms with Gasteiger partial charge in [0.05, 0.1) is 29.1 Å². The predicted molar refractivity (Wildman–Crippen MR) is 108 cm³/mol. The van der Waals surface area contributed by atoms with E-state index in [0.29, 0.717) is 21.4 Å². The Morgan fingerprint density at radius 3 is 2.56 bits per heavy atom. The molecule has 1 fully saturated rings. The van der Waals surface area contributed by atoms with Crippen LogP contribution >= 0.6 is 23.2 Å². The first-order valence-electron chi connectivity index (χ1n) is 8.52. The van der Waals surface area contributed by atoms with Crippen LogP contribution in [0.25, 0.3) is 0 Å². The minimum atomic E-state index is -0.502. The molecule has 0 saturated carbocycles. The molecule has 0 aliphatic carbocycles. The molecule has 0 radical (unpaired) electrons. The molecule has 3 N–H and O–H groups in total. The first-order valence-corrected chi connectivity index (χ1v) is 9.27. The Balaban J connectivity index is 1.46. The Morgan fingerprint density at radius 1 is 1.07 bits per heavy atom. The number of rotatable bonds is 5. The SMILES string of the molecule is O=C(CNC(=O)Nc1ccc(N2CCCC2)nc1)Nc1cc(Cl)ccc1Cl. The third-order valence-electron chi connectivity index (χ3n) is 4.05. The second-order valence-corrected chi connectivity index (χ2v) is 6.92. The van der Waals surface area contributed by atoms with Gasteiger partial charge < -0.3 is 20.9 Å². The molecule has 27 heavy (non-hydrogen) atoms. The van der Waals surface area contributed by atoms with E-state index in [9.17, 15) is 9.59 Å². The van der Waals surface area contributed by atoms with Gasteiger partial charge in [-0.3, -0.25) is 4.79 Å². The van der Waals surface area contributed by atoms with Gasteiger partial charge in [0.15, 0.2) is 0 Å². The summed E-state index contributed by atoms with van der Waals surface area (Å²) >= 11 is 11.9. The van der Waals surface area contributed by atoms with Gasteiger partial charge in [-0.25, -0.2) is 9.78 Å². The van der Waals surface area contributed by atoms with Gasteiger partial charge in [-0.1, -0.05) is 23.2 Å². The molecular weight excluding hydrogens is 389 g/mol. The number of pyridine rings is 1. The van der Waals surface area contributed by atoms with E-state index >= 15 is 0 Å². The summed E-state index contributed by atoms with van der Waals surface area (Å²) in [5.74, 6) is 0.480. The molecule has 2 heterocycles. The lowest BCUT2D eigenvalue weighted by atomic mass is 10.3. The van der Waals surface area contributed by atoms with Crippen LogP contribution in [0.2, 0.25) is 10.0 Å². The average molecular weight is 408 g/mol. The van der Waals surface area contributed by atoms with Crippen LogP contribution in [0.4, 0.5) is 22.0 Å². The number of benzene rings is 1. The molecule has 1 aromatic carbocycles. The maximum Gasteiger partial charge on any atom is 0.319 e. The molecule has 1 saturated heterocycles. The number of carbonyl (C=O) groups is 2. The number of nitrogens with one attached hydrogen (secondary N) is 3. The van der Waals surface area contributed by atoms with Crippen LogP contribution in [-0.4, -0.2) is 36.6 Å². The van der Waals surface area contributed by atoms with Crippen molar-refractivity contribution in [1.29, 1.82) is 0 Å². The smallest absolute Gasteiger partial charge is 0.319 e. The average Bonchev–Trinajstić information content (AvgIpc) is 3.18. The molecule has 1 aromatic heterocycles. The molecule has 2 aromatic rings. The van der Waals surface area contributed by atoms with Crippen molar-refractivity contribution >= 4 is 52.3 Å². The Labute approximate surface area is 167 Å². The molecule has 142 valence electrons. The molecule has 3 amide bonds. The number of hydrogen-bond acceptors (Lipinski definition) is 4. The fourth-order valence-electron chi connectivity index (χ4n) is 2.72. The van der Waals surface area contributed by atoms with Crippen LogP contribution in [0.15, 0.2) is 36.5 Å². The summed E-state index contributed by atoms with van der Waals surface area (Å²) in [7, 11) is 0. The summed E-state index contributed by atoms with van der Waals surface area (Å²) in [6, 6.07) is 7.89. The first kappa shape index (κ1) is 19.3. The third kappa shape index (κ3) is 5.48. The van der Waals surface area contributed by atoms with E-state index < -0.39 is 11.9 Å². The molecule has 0 unspecified atom stereocenters. The number of amides is 3. The molecule has 9 heteroatoms. The zero-order chi connectivity index (χ0) is 19.2. The van der Waals surface area contributed by atoms with E-state index in [1.165, 1.54) is 18.9 Å². The van der Waals surface area contributed by atoms with Crippen LogP contribution in [-0.2, 0) is 4.79 Å². The standard InChI is InChI=1S/C18H19Cl2N5O2/c19-12-3-5-14(20)15(9-12)24-17(26)11-22-18(27)23-13-4-6-16(21-10-13)25-7-1-2-8-25/h3-6,9-10H,1-2,7-8,11H2,(H,24,26)(H2,22,23,27). The van der Waals surface area contributed by atoms with Crippen molar-refractivity contribution in [2.24, 2.45) is 0 Å². The fourth-order valence-corrected chi connectivity index (χ4v) is 3.05. The van der Waals surface area contributed by atoms with Gasteiger partial charge in [0.25, 0.3) is 0 Å². The number of halogens is 2. The molecule has 7 nitrogen and oxygen atoms in total. The second-order valence-electron chi connectivity index (χ2n) is 6.08. The van der Waals surface area contributed by atoms with Gasteiger partial charge in [-0.05, 0) is 43.2 Å². The van der Waals surface area contributed by atoms with Crippen molar-refractivity contribution in [3.8, 4) is 0 Å². The van der Waals surface area contributed by atoms with Crippen LogP contribution in [0, 0.1) is 0 Å². The van der Waals surface area contributed by atoms with Crippen molar-refractivity contribution in [3.63, 3.8) is 0 Å². The Kier molecular flexibility index (Phi) is 6.36. The summed E-state index contributed by atoms with van der Waals surface area (Å²) in [4.78, 5) is 30.5. The first-order chi connectivity index (χ1) is 13.0. The van der Waals surface area contributed by atoms with Crippen molar-refractivity contribution in [3.05, 3.63) is 46.6 Å². The summed E-state index contributed by atoms with van der Waals surface area (Å²) in [6.07, 6.45) is 3.94. The highest BCUT2D eigenvalue weighted by molar-refractivity contribution is 6.35. The molecule has 0 bridgehead atoms. The minimum Gasteiger partial charge on any atom is -0.357 e. The van der Waals surface area contributed by atoms with Gasteiger partial charge >= 0.3 is 6.03 Å². The highest BCUT2D eigenvalue weighted by atomic mass is 35.5. The maximum absolute atomic E-state index is 12.0. The van der Waals surface area contributed by atoms with Crippen LogP contribution < -0.4 is 20.9 Å². The van der Waals surface area contributed by atoms with E-state index in [-0.39, 0.29) is 6.54 Å². The van der Waals surface area contributed by atoms with E-state index in [2.05, 4.69) is 25.8 Å². The van der Waals surface area contributed by atoms with Gasteiger partial charge in [-0.2, -0.15) is 0 Å². The van der Waals surface area contributed by atoms with Gasteiger partial charge in [0.2, 0.25) is 5.91 Å². The van der Waals surface area contributed by atoms with E-state index in [1.54, 1.807) is 24.4 Å². The number of urea groups is 1. The fraction of sp³-hybridized carbons (Fsp3) is 0.278. The summed E-state index contributed by atoms with van der Waals surface area (Å²) in [5, 5.41) is 8.52. The van der Waals surface area contributed by atoms with Crippen molar-refractivity contribution in [2.45, 2.75) is 12.8 Å². The van der Waals surface area contributed by atoms with Gasteiger partial charge in [0.1, 0.15) is 5.82 Å². The van der Waals surface area contributed by atoms with Crippen LogP contribution in [0.3, 0.4) is 0 Å². The lowest BCUT2D eigenvalue weighted by Crippen LogP contribution is -2.35. The van der Waals surface area contributed by atoms with Crippen molar-refractivity contribution in [1.82, 2.24) is 10.3 Å². The van der Waals surface area contributed by atoms with Gasteiger partial charge in [-0.15, -0.1) is 0 Å². The molecule has 1 aliphatic heterocycles. The summed E-state index contributed by atoms with van der Waals surface area (Å²) in [5.41, 5.74) is 0.937. The topological polar surface area (TPSA) is 86.4 Å². The highest BCUT2D eigenvalue weighted by Gasteiger charge is 2.13. The lowest BCUT2D eigenvalue weighted by Gasteiger charge is -2.16. The third-order valence-corrected chi connectivity index (χ3v) is 4.61. The predicted octanol–water partition coefficient (Wildman–Crippen LogP) is 3.75. The molecule has 1 aliphatic rings. The Bertz CT molecular complexity index is 823. The Morgan fingerprint density at radius 2 is 1.85 bits per heavy atom. The molecule has 3 rings (SSSR count). The summed E-state index contributed by atoms with van der Waals surface area (Å²) in [6.45, 7) is 1.80. The quantitative estimate of drug-likeness (QED) is 0.704. The van der Waals surface area contributed by atoms with Crippen LogP contribution in [0.5, 0.6) is 0 Å². The van der Waals surface area contributed by atoms with Crippen molar-refractivity contribution in [2.75, 3.05) is 35.2 Å². The monoisotopic (exact) mass is 407 g/mol. The van der Waals surface area contributed by atoms with E-state index in [1.807, 2.05) is 6.07 Å². The zero-order valence-electron chi connectivity index (χ0n) is 14.5. The van der Waals surface area contributed by atoms with Crippen LogP contribution in [0.1, 0.15) is 12.8 Å². The Hall–Kier alpha value is -2.51. The van der Waals surface area contributed by atoms with E-state index in [4.69, 9.17) is 23.2 Å². The minimum absolute atomic E-state index is 0.214. The second kappa shape index (κ2) is 8.92. The van der Waals surface area contributed by atoms with Gasteiger partial charge in [0, 0.05) is 18.1 Å². The maximum atomic E-state index is 12.0. The highest BCUT2D eigenvalue weighted by Crippen LogP contribution is 2.25.